The number of hydrogen-bond donors (Lipinski definition) is 0. The fourth-order valence-electron chi connectivity index (χ4n) is 3.68. The Labute approximate surface area is 153 Å². The molecule has 0 unspecified atom stereocenters. The lowest BCUT2D eigenvalue weighted by molar-refractivity contribution is -0.131. The van der Waals surface area contributed by atoms with Crippen molar-refractivity contribution in [2.75, 3.05) is 27.0 Å². The molecule has 5 nitrogen and oxygen atoms in total. The Morgan fingerprint density at radius 2 is 1.81 bits per heavy atom. The summed E-state index contributed by atoms with van der Waals surface area (Å²) in [7, 11) is 1.68. The van der Waals surface area contributed by atoms with Gasteiger partial charge in [-0.25, -0.2) is 0 Å². The zero-order valence-corrected chi connectivity index (χ0v) is 14.9. The van der Waals surface area contributed by atoms with Crippen LogP contribution in [0.5, 0.6) is 17.2 Å². The summed E-state index contributed by atoms with van der Waals surface area (Å²) in [5, 5.41) is 0. The second kappa shape index (κ2) is 7.28. The van der Waals surface area contributed by atoms with Gasteiger partial charge in [-0.3, -0.25) is 4.79 Å². The molecule has 1 saturated heterocycles. The van der Waals surface area contributed by atoms with Gasteiger partial charge in [0.05, 0.1) is 13.5 Å². The average Bonchev–Trinajstić information content (AvgIpc) is 3.16. The molecule has 0 N–H and O–H groups in total. The molecule has 0 radical (unpaired) electrons. The van der Waals surface area contributed by atoms with E-state index in [0.29, 0.717) is 12.3 Å². The first-order chi connectivity index (χ1) is 12.7. The first kappa shape index (κ1) is 16.8. The third kappa shape index (κ3) is 3.47. The highest BCUT2D eigenvalue weighted by molar-refractivity contribution is 5.79. The fourth-order valence-corrected chi connectivity index (χ4v) is 3.68. The summed E-state index contributed by atoms with van der Waals surface area (Å²) in [4.78, 5) is 14.6. The molecule has 2 aromatic carbocycles. The molecule has 2 heterocycles. The molecule has 0 bridgehead atoms. The van der Waals surface area contributed by atoms with Gasteiger partial charge in [0, 0.05) is 13.1 Å². The van der Waals surface area contributed by atoms with Crippen molar-refractivity contribution in [1.29, 1.82) is 0 Å². The van der Waals surface area contributed by atoms with Crippen molar-refractivity contribution in [2.45, 2.75) is 25.2 Å². The third-order valence-corrected chi connectivity index (χ3v) is 5.23. The van der Waals surface area contributed by atoms with Gasteiger partial charge in [0.15, 0.2) is 11.5 Å². The van der Waals surface area contributed by atoms with Gasteiger partial charge in [-0.05, 0) is 54.2 Å². The number of fused-ring (bicyclic) bond motifs is 1. The molecule has 26 heavy (non-hydrogen) atoms. The van der Waals surface area contributed by atoms with Crippen LogP contribution in [0.3, 0.4) is 0 Å². The lowest BCUT2D eigenvalue weighted by atomic mass is 9.89. The van der Waals surface area contributed by atoms with Gasteiger partial charge in [0.2, 0.25) is 12.7 Å². The zero-order chi connectivity index (χ0) is 17.9. The maximum atomic E-state index is 12.6. The predicted molar refractivity (Wildman–Crippen MR) is 97.8 cm³/mol. The van der Waals surface area contributed by atoms with E-state index in [2.05, 4.69) is 12.1 Å². The molecule has 0 saturated carbocycles. The number of likely N-dealkylation sites (tertiary alicyclic amines) is 1. The molecule has 4 rings (SSSR count). The summed E-state index contributed by atoms with van der Waals surface area (Å²) in [6.45, 7) is 1.87. The summed E-state index contributed by atoms with van der Waals surface area (Å²) in [5.41, 5.74) is 2.30. The number of methoxy groups -OCH3 is 1. The first-order valence-corrected chi connectivity index (χ1v) is 9.03. The van der Waals surface area contributed by atoms with Crippen LogP contribution in [0.25, 0.3) is 0 Å². The Kier molecular flexibility index (Phi) is 4.69. The number of benzene rings is 2. The molecule has 0 spiro atoms. The van der Waals surface area contributed by atoms with Gasteiger partial charge < -0.3 is 19.1 Å². The van der Waals surface area contributed by atoms with Crippen molar-refractivity contribution >= 4 is 5.91 Å². The predicted octanol–water partition coefficient (Wildman–Crippen LogP) is 3.37. The van der Waals surface area contributed by atoms with Crippen molar-refractivity contribution in [1.82, 2.24) is 4.90 Å². The largest absolute Gasteiger partial charge is 0.497 e. The van der Waals surface area contributed by atoms with E-state index >= 15 is 0 Å². The molecule has 1 amide bonds. The molecule has 2 aliphatic heterocycles. The number of amides is 1. The van der Waals surface area contributed by atoms with Gasteiger partial charge in [-0.1, -0.05) is 18.2 Å². The Hall–Kier alpha value is -2.69. The van der Waals surface area contributed by atoms with E-state index in [1.54, 1.807) is 7.11 Å². The van der Waals surface area contributed by atoms with Crippen LogP contribution < -0.4 is 14.2 Å². The maximum absolute atomic E-state index is 12.6. The standard InChI is InChI=1S/C21H23NO4/c1-24-18-5-3-16(4-6-18)17-8-10-22(11-9-17)21(23)13-15-2-7-19-20(12-15)26-14-25-19/h2-7,12,17H,8-11,13-14H2,1H3. The van der Waals surface area contributed by atoms with E-state index in [1.807, 2.05) is 35.2 Å². The molecule has 5 heteroatoms. The van der Waals surface area contributed by atoms with Crippen LogP contribution in [0, 0.1) is 0 Å². The molecule has 1 fully saturated rings. The van der Waals surface area contributed by atoms with Gasteiger partial charge in [-0.15, -0.1) is 0 Å². The van der Waals surface area contributed by atoms with Gasteiger partial charge in [0.25, 0.3) is 0 Å². The fraction of sp³-hybridized carbons (Fsp3) is 0.381. The molecule has 136 valence electrons. The minimum Gasteiger partial charge on any atom is -0.497 e. The molecule has 2 aliphatic rings. The lowest BCUT2D eigenvalue weighted by Crippen LogP contribution is -2.38. The van der Waals surface area contributed by atoms with Crippen LogP contribution in [-0.4, -0.2) is 37.8 Å². The second-order valence-electron chi connectivity index (χ2n) is 6.79. The molecule has 0 aliphatic carbocycles. The summed E-state index contributed by atoms with van der Waals surface area (Å²) < 4.78 is 15.9. The number of carbonyl (C=O) groups is 1. The summed E-state index contributed by atoms with van der Waals surface area (Å²) in [6, 6.07) is 14.0. The Morgan fingerprint density at radius 1 is 1.08 bits per heavy atom. The van der Waals surface area contributed by atoms with Crippen LogP contribution in [0.15, 0.2) is 42.5 Å². The molecular weight excluding hydrogens is 330 g/mol. The summed E-state index contributed by atoms with van der Waals surface area (Å²) in [5.74, 6) is 3.05. The van der Waals surface area contributed by atoms with Crippen molar-refractivity contribution in [3.05, 3.63) is 53.6 Å². The number of hydrogen-bond acceptors (Lipinski definition) is 4. The average molecular weight is 353 g/mol. The number of ether oxygens (including phenoxy) is 3. The lowest BCUT2D eigenvalue weighted by Gasteiger charge is -2.32. The van der Waals surface area contributed by atoms with Crippen LogP contribution in [0.2, 0.25) is 0 Å². The van der Waals surface area contributed by atoms with Crippen LogP contribution >= 0.6 is 0 Å². The topological polar surface area (TPSA) is 48.0 Å². The van der Waals surface area contributed by atoms with Gasteiger partial charge in [0.1, 0.15) is 5.75 Å². The van der Waals surface area contributed by atoms with Crippen molar-refractivity contribution < 1.29 is 19.0 Å². The minimum absolute atomic E-state index is 0.178. The summed E-state index contributed by atoms with van der Waals surface area (Å²) in [6.07, 6.45) is 2.41. The Bertz CT molecular complexity index is 779. The van der Waals surface area contributed by atoms with Crippen molar-refractivity contribution in [3.8, 4) is 17.2 Å². The van der Waals surface area contributed by atoms with E-state index in [1.165, 1.54) is 5.56 Å². The first-order valence-electron chi connectivity index (χ1n) is 9.03. The zero-order valence-electron chi connectivity index (χ0n) is 14.9. The third-order valence-electron chi connectivity index (χ3n) is 5.23. The van der Waals surface area contributed by atoms with Crippen molar-refractivity contribution in [2.24, 2.45) is 0 Å². The highest BCUT2D eigenvalue weighted by Gasteiger charge is 2.24. The van der Waals surface area contributed by atoms with Crippen LogP contribution in [0.1, 0.15) is 29.9 Å². The SMILES string of the molecule is COc1ccc(C2CCN(C(=O)Cc3ccc4c(c3)OCO4)CC2)cc1. The monoisotopic (exact) mass is 353 g/mol. The number of carbonyl (C=O) groups excluding carboxylic acids is 1. The van der Waals surface area contributed by atoms with E-state index in [-0.39, 0.29) is 12.7 Å². The van der Waals surface area contributed by atoms with Gasteiger partial charge >= 0.3 is 0 Å². The number of piperidine rings is 1. The number of rotatable bonds is 4. The van der Waals surface area contributed by atoms with E-state index < -0.39 is 0 Å². The highest BCUT2D eigenvalue weighted by atomic mass is 16.7. The molecular formula is C21H23NO4. The Morgan fingerprint density at radius 3 is 2.54 bits per heavy atom. The molecule has 2 aromatic rings. The van der Waals surface area contributed by atoms with E-state index in [4.69, 9.17) is 14.2 Å². The second-order valence-corrected chi connectivity index (χ2v) is 6.79. The van der Waals surface area contributed by atoms with Crippen LogP contribution in [-0.2, 0) is 11.2 Å². The van der Waals surface area contributed by atoms with E-state index in [9.17, 15) is 4.79 Å². The highest BCUT2D eigenvalue weighted by Crippen LogP contribution is 2.33. The normalized spacial score (nSPS) is 16.6. The minimum atomic E-state index is 0.178. The summed E-state index contributed by atoms with van der Waals surface area (Å²) >= 11 is 0. The molecule has 0 aromatic heterocycles. The van der Waals surface area contributed by atoms with E-state index in [0.717, 1.165) is 48.7 Å². The number of nitrogens with zero attached hydrogens (tertiary/aromatic N) is 1. The van der Waals surface area contributed by atoms with Gasteiger partial charge in [-0.2, -0.15) is 0 Å². The quantitative estimate of drug-likeness (QED) is 0.846. The Balaban J connectivity index is 1.33. The maximum Gasteiger partial charge on any atom is 0.231 e. The van der Waals surface area contributed by atoms with Crippen molar-refractivity contribution in [3.63, 3.8) is 0 Å². The molecule has 0 atom stereocenters. The smallest absolute Gasteiger partial charge is 0.231 e. The van der Waals surface area contributed by atoms with Crippen LogP contribution in [0.4, 0.5) is 0 Å².